The van der Waals surface area contributed by atoms with Crippen molar-refractivity contribution in [2.75, 3.05) is 13.2 Å². The highest BCUT2D eigenvalue weighted by molar-refractivity contribution is 6.07. The molecule has 0 amide bonds. The van der Waals surface area contributed by atoms with Crippen molar-refractivity contribution in [1.29, 1.82) is 0 Å². The third-order valence-corrected chi connectivity index (χ3v) is 4.93. The Labute approximate surface area is 195 Å². The number of benzene rings is 3. The van der Waals surface area contributed by atoms with E-state index in [0.29, 0.717) is 33.9 Å². The molecule has 0 bridgehead atoms. The van der Waals surface area contributed by atoms with E-state index in [9.17, 15) is 14.8 Å². The Hall–Kier alpha value is -4.46. The van der Waals surface area contributed by atoms with Crippen LogP contribution in [0.3, 0.4) is 0 Å². The number of rotatable bonds is 9. The van der Waals surface area contributed by atoms with Crippen molar-refractivity contribution < 1.29 is 28.5 Å². The van der Waals surface area contributed by atoms with Crippen LogP contribution in [0.15, 0.2) is 78.9 Å². The molecule has 1 aromatic heterocycles. The second kappa shape index (κ2) is 10.4. The maximum absolute atomic E-state index is 13.3. The van der Waals surface area contributed by atoms with Crippen LogP contribution in [0.5, 0.6) is 11.5 Å². The van der Waals surface area contributed by atoms with Gasteiger partial charge in [0.2, 0.25) is 5.52 Å². The summed E-state index contributed by atoms with van der Waals surface area (Å²) in [5.41, 5.74) is 0.661. The van der Waals surface area contributed by atoms with Crippen LogP contribution >= 0.6 is 0 Å². The number of ether oxygens (including phenoxy) is 3. The highest BCUT2D eigenvalue weighted by Gasteiger charge is 2.28. The van der Waals surface area contributed by atoms with E-state index < -0.39 is 11.8 Å². The van der Waals surface area contributed by atoms with Crippen LogP contribution in [-0.2, 0) is 16.1 Å². The van der Waals surface area contributed by atoms with Gasteiger partial charge in [0, 0.05) is 5.56 Å². The largest absolute Gasteiger partial charge is 0.618 e. The van der Waals surface area contributed by atoms with Gasteiger partial charge in [-0.2, -0.15) is 4.73 Å². The van der Waals surface area contributed by atoms with Gasteiger partial charge in [0.1, 0.15) is 23.6 Å². The number of carbonyl (C=O) groups excluding carboxylic acids is 2. The molecule has 1 heterocycles. The van der Waals surface area contributed by atoms with Gasteiger partial charge in [0.15, 0.2) is 12.3 Å². The number of aromatic nitrogens is 2. The Morgan fingerprint density at radius 2 is 1.62 bits per heavy atom. The average molecular weight is 458 g/mol. The molecule has 0 fully saturated rings. The lowest BCUT2D eigenvalue weighted by Gasteiger charge is -2.13. The Morgan fingerprint density at radius 3 is 2.32 bits per heavy atom. The van der Waals surface area contributed by atoms with Crippen molar-refractivity contribution in [3.05, 3.63) is 101 Å². The molecule has 4 aromatic rings. The van der Waals surface area contributed by atoms with Crippen molar-refractivity contribution in [3.8, 4) is 11.5 Å². The van der Waals surface area contributed by atoms with Crippen LogP contribution < -0.4 is 14.2 Å². The average Bonchev–Trinajstić information content (AvgIpc) is 2.87. The zero-order chi connectivity index (χ0) is 23.9. The molecule has 8 nitrogen and oxygen atoms in total. The fourth-order valence-electron chi connectivity index (χ4n) is 3.35. The minimum absolute atomic E-state index is 0.0496. The second-order valence-corrected chi connectivity index (χ2v) is 7.24. The quantitative estimate of drug-likeness (QED) is 0.163. The molecule has 0 saturated carbocycles. The number of esters is 1. The van der Waals surface area contributed by atoms with Crippen molar-refractivity contribution in [2.24, 2.45) is 0 Å². The molecule has 4 rings (SSSR count). The van der Waals surface area contributed by atoms with E-state index in [4.69, 9.17) is 14.2 Å². The van der Waals surface area contributed by atoms with E-state index in [1.165, 1.54) is 6.07 Å². The summed E-state index contributed by atoms with van der Waals surface area (Å²) in [6, 6.07) is 22.0. The molecule has 0 radical (unpaired) electrons. The zero-order valence-electron chi connectivity index (χ0n) is 18.5. The molecular weight excluding hydrogens is 436 g/mol. The molecule has 0 N–H and O–H groups in total. The topological polar surface area (TPSA) is 102 Å². The minimum Gasteiger partial charge on any atom is -0.618 e. The van der Waals surface area contributed by atoms with E-state index in [-0.39, 0.29) is 30.1 Å². The predicted octanol–water partition coefficient (Wildman–Crippen LogP) is 3.62. The summed E-state index contributed by atoms with van der Waals surface area (Å²) in [5.74, 6) is -0.186. The SMILES string of the molecule is CCOc1ccc2nc(COC(=O)COc3ccccc3)c(C(=O)c3ccccc3)[n+]([O-])c2c1. The Kier molecular flexibility index (Phi) is 6.98. The molecule has 0 saturated heterocycles. The van der Waals surface area contributed by atoms with Crippen molar-refractivity contribution in [2.45, 2.75) is 13.5 Å². The van der Waals surface area contributed by atoms with Gasteiger partial charge in [-0.25, -0.2) is 9.78 Å². The third-order valence-electron chi connectivity index (χ3n) is 4.93. The van der Waals surface area contributed by atoms with Crippen LogP contribution in [0.4, 0.5) is 0 Å². The van der Waals surface area contributed by atoms with Crippen molar-refractivity contribution in [3.63, 3.8) is 0 Å². The number of ketones is 1. The summed E-state index contributed by atoms with van der Waals surface area (Å²) in [6.45, 7) is 1.56. The van der Waals surface area contributed by atoms with Crippen LogP contribution in [0.2, 0.25) is 0 Å². The molecular formula is C26H22N2O6. The lowest BCUT2D eigenvalue weighted by atomic mass is 10.1. The molecule has 0 aliphatic rings. The summed E-state index contributed by atoms with van der Waals surface area (Å²) >= 11 is 0. The maximum atomic E-state index is 13.3. The molecule has 8 heteroatoms. The second-order valence-electron chi connectivity index (χ2n) is 7.24. The lowest BCUT2D eigenvalue weighted by molar-refractivity contribution is -0.580. The molecule has 0 atom stereocenters. The number of nitrogens with zero attached hydrogens (tertiary/aromatic N) is 2. The molecule has 0 spiro atoms. The smallest absolute Gasteiger partial charge is 0.344 e. The summed E-state index contributed by atoms with van der Waals surface area (Å²) in [4.78, 5) is 29.9. The first kappa shape index (κ1) is 22.7. The minimum atomic E-state index is -0.659. The van der Waals surface area contributed by atoms with Crippen LogP contribution in [0.1, 0.15) is 28.7 Å². The molecule has 0 unspecified atom stereocenters. The predicted molar refractivity (Wildman–Crippen MR) is 123 cm³/mol. The fraction of sp³-hybridized carbons (Fsp3) is 0.154. The summed E-state index contributed by atoms with van der Waals surface area (Å²) in [5, 5.41) is 13.3. The zero-order valence-corrected chi connectivity index (χ0v) is 18.5. The third kappa shape index (κ3) is 5.12. The van der Waals surface area contributed by atoms with Gasteiger partial charge in [-0.1, -0.05) is 48.5 Å². The number of hydrogen-bond acceptors (Lipinski definition) is 7. The lowest BCUT2D eigenvalue weighted by Crippen LogP contribution is -2.38. The van der Waals surface area contributed by atoms with Crippen LogP contribution in [-0.4, -0.2) is 30.0 Å². The van der Waals surface area contributed by atoms with Crippen LogP contribution in [0, 0.1) is 5.21 Å². The van der Waals surface area contributed by atoms with E-state index in [2.05, 4.69) is 4.98 Å². The summed E-state index contributed by atoms with van der Waals surface area (Å²) < 4.78 is 16.7. The van der Waals surface area contributed by atoms with Gasteiger partial charge in [-0.15, -0.1) is 0 Å². The number of fused-ring (bicyclic) bond motifs is 1. The molecule has 0 aliphatic carbocycles. The first-order chi connectivity index (χ1) is 16.6. The highest BCUT2D eigenvalue weighted by atomic mass is 16.6. The monoisotopic (exact) mass is 458 g/mol. The Morgan fingerprint density at radius 1 is 0.912 bits per heavy atom. The molecule has 3 aromatic carbocycles. The van der Waals surface area contributed by atoms with Crippen molar-refractivity contribution in [1.82, 2.24) is 4.98 Å². The molecule has 172 valence electrons. The van der Waals surface area contributed by atoms with Crippen molar-refractivity contribution >= 4 is 22.8 Å². The van der Waals surface area contributed by atoms with Gasteiger partial charge < -0.3 is 19.4 Å². The standard InChI is InChI=1S/C26H22N2O6/c1-2-32-20-13-14-21-23(15-20)28(31)25(26(30)18-9-5-3-6-10-18)22(27-21)16-34-24(29)17-33-19-11-7-4-8-12-19/h3-15H,2,16-17H2,1H3. The van der Waals surface area contributed by atoms with E-state index in [0.717, 1.165) is 0 Å². The van der Waals surface area contributed by atoms with Gasteiger partial charge in [-0.3, -0.25) is 4.79 Å². The number of carbonyl (C=O) groups is 2. The Bertz CT molecular complexity index is 1310. The van der Waals surface area contributed by atoms with E-state index in [1.807, 2.05) is 13.0 Å². The normalized spacial score (nSPS) is 10.6. The summed E-state index contributed by atoms with van der Waals surface area (Å²) in [6.07, 6.45) is 0. The van der Waals surface area contributed by atoms with E-state index >= 15 is 0 Å². The first-order valence-electron chi connectivity index (χ1n) is 10.7. The summed E-state index contributed by atoms with van der Waals surface area (Å²) in [7, 11) is 0. The maximum Gasteiger partial charge on any atom is 0.344 e. The van der Waals surface area contributed by atoms with Gasteiger partial charge >= 0.3 is 5.97 Å². The van der Waals surface area contributed by atoms with Crippen LogP contribution in [0.25, 0.3) is 11.0 Å². The highest BCUT2D eigenvalue weighted by Crippen LogP contribution is 2.21. The van der Waals surface area contributed by atoms with Gasteiger partial charge in [0.25, 0.3) is 11.5 Å². The van der Waals surface area contributed by atoms with E-state index in [1.54, 1.807) is 66.7 Å². The number of para-hydroxylation sites is 1. The first-order valence-corrected chi connectivity index (χ1v) is 10.7. The Balaban J connectivity index is 1.64. The molecule has 34 heavy (non-hydrogen) atoms. The van der Waals surface area contributed by atoms with Gasteiger partial charge in [0.05, 0.1) is 12.7 Å². The molecule has 0 aliphatic heterocycles. The fourth-order valence-corrected chi connectivity index (χ4v) is 3.35. The number of hydrogen-bond donors (Lipinski definition) is 0. The van der Waals surface area contributed by atoms with Gasteiger partial charge in [-0.05, 0) is 31.2 Å².